The molecule has 0 saturated heterocycles. The van der Waals surface area contributed by atoms with Crippen molar-refractivity contribution < 1.29 is 0 Å². The van der Waals surface area contributed by atoms with E-state index in [-0.39, 0.29) is 24.8 Å². The Morgan fingerprint density at radius 1 is 0.917 bits per heavy atom. The molecule has 4 heteroatoms. The highest BCUT2D eigenvalue weighted by Crippen LogP contribution is 2.17. The summed E-state index contributed by atoms with van der Waals surface area (Å²) in [6, 6.07) is 1.51. The molecule has 1 fully saturated rings. The molecule has 0 amide bonds. The first-order valence-electron chi connectivity index (χ1n) is 4.21. The SMILES string of the molecule is CNC1CCCC(NC)C1.Cl.Cl. The molecular weight excluding hydrogens is 195 g/mol. The maximum atomic E-state index is 3.33. The highest BCUT2D eigenvalue weighted by atomic mass is 35.5. The maximum absolute atomic E-state index is 3.33. The van der Waals surface area contributed by atoms with Gasteiger partial charge in [-0.25, -0.2) is 0 Å². The zero-order valence-electron chi connectivity index (χ0n) is 7.80. The van der Waals surface area contributed by atoms with Crippen LogP contribution < -0.4 is 10.6 Å². The number of rotatable bonds is 2. The van der Waals surface area contributed by atoms with Crippen molar-refractivity contribution in [3.63, 3.8) is 0 Å². The summed E-state index contributed by atoms with van der Waals surface area (Å²) in [7, 11) is 4.12. The Hall–Kier alpha value is 0.500. The van der Waals surface area contributed by atoms with Crippen LogP contribution in [0, 0.1) is 0 Å². The number of hydrogen-bond acceptors (Lipinski definition) is 2. The molecular formula is C8H20Cl2N2. The standard InChI is InChI=1S/C8H18N2.2ClH/c1-9-7-4-3-5-8(6-7)10-2;;/h7-10H,3-6H2,1-2H3;2*1H. The molecule has 2 unspecified atom stereocenters. The zero-order chi connectivity index (χ0) is 7.40. The van der Waals surface area contributed by atoms with Crippen LogP contribution in [-0.2, 0) is 0 Å². The molecule has 2 atom stereocenters. The van der Waals surface area contributed by atoms with Crippen molar-refractivity contribution in [2.45, 2.75) is 37.8 Å². The lowest BCUT2D eigenvalue weighted by atomic mass is 9.91. The van der Waals surface area contributed by atoms with Crippen molar-refractivity contribution in [1.82, 2.24) is 10.6 Å². The summed E-state index contributed by atoms with van der Waals surface area (Å²) in [6.07, 6.45) is 5.38. The molecule has 2 nitrogen and oxygen atoms in total. The van der Waals surface area contributed by atoms with Gasteiger partial charge in [-0.1, -0.05) is 6.42 Å². The Kier molecular flexibility index (Phi) is 10.1. The second-order valence-electron chi connectivity index (χ2n) is 3.14. The molecule has 0 aromatic carbocycles. The largest absolute Gasteiger partial charge is 0.317 e. The molecule has 1 aliphatic carbocycles. The van der Waals surface area contributed by atoms with Crippen molar-refractivity contribution in [3.05, 3.63) is 0 Å². The molecule has 1 rings (SSSR count). The van der Waals surface area contributed by atoms with Gasteiger partial charge in [-0.3, -0.25) is 0 Å². The summed E-state index contributed by atoms with van der Waals surface area (Å²) < 4.78 is 0. The van der Waals surface area contributed by atoms with E-state index in [1.807, 2.05) is 0 Å². The third-order valence-electron chi connectivity index (χ3n) is 2.49. The van der Waals surface area contributed by atoms with Crippen LogP contribution in [0.25, 0.3) is 0 Å². The van der Waals surface area contributed by atoms with Crippen LogP contribution in [0.1, 0.15) is 25.7 Å². The molecule has 0 aliphatic heterocycles. The molecule has 12 heavy (non-hydrogen) atoms. The Morgan fingerprint density at radius 2 is 1.33 bits per heavy atom. The summed E-state index contributed by atoms with van der Waals surface area (Å²) in [6.45, 7) is 0. The van der Waals surface area contributed by atoms with Gasteiger partial charge < -0.3 is 10.6 Å². The highest BCUT2D eigenvalue weighted by molar-refractivity contribution is 5.85. The molecule has 1 saturated carbocycles. The molecule has 0 spiro atoms. The Morgan fingerprint density at radius 3 is 1.67 bits per heavy atom. The van der Waals surface area contributed by atoms with Crippen molar-refractivity contribution in [2.75, 3.05) is 14.1 Å². The van der Waals surface area contributed by atoms with E-state index in [9.17, 15) is 0 Å². The van der Waals surface area contributed by atoms with Crippen LogP contribution in [-0.4, -0.2) is 26.2 Å². The molecule has 0 aromatic heterocycles. The van der Waals surface area contributed by atoms with Crippen LogP contribution in [0.4, 0.5) is 0 Å². The lowest BCUT2D eigenvalue weighted by molar-refractivity contribution is 0.325. The lowest BCUT2D eigenvalue weighted by Gasteiger charge is -2.28. The Bertz CT molecular complexity index is 91.1. The second kappa shape index (κ2) is 8.11. The van der Waals surface area contributed by atoms with E-state index in [1.54, 1.807) is 0 Å². The van der Waals surface area contributed by atoms with Crippen LogP contribution in [0.2, 0.25) is 0 Å². The summed E-state index contributed by atoms with van der Waals surface area (Å²) >= 11 is 0. The van der Waals surface area contributed by atoms with Crippen molar-refractivity contribution in [3.8, 4) is 0 Å². The summed E-state index contributed by atoms with van der Waals surface area (Å²) in [5, 5.41) is 6.66. The minimum Gasteiger partial charge on any atom is -0.317 e. The van der Waals surface area contributed by atoms with Gasteiger partial charge in [-0.15, -0.1) is 24.8 Å². The average Bonchev–Trinajstić information content (AvgIpc) is 2.05. The van der Waals surface area contributed by atoms with E-state index in [0.29, 0.717) is 0 Å². The minimum atomic E-state index is 0. The third kappa shape index (κ3) is 4.51. The van der Waals surface area contributed by atoms with Gasteiger partial charge in [-0.05, 0) is 33.4 Å². The summed E-state index contributed by atoms with van der Waals surface area (Å²) in [5.41, 5.74) is 0. The van der Waals surface area contributed by atoms with Gasteiger partial charge in [0.05, 0.1) is 0 Å². The van der Waals surface area contributed by atoms with Gasteiger partial charge in [0, 0.05) is 12.1 Å². The van der Waals surface area contributed by atoms with E-state index >= 15 is 0 Å². The zero-order valence-corrected chi connectivity index (χ0v) is 9.43. The lowest BCUT2D eigenvalue weighted by Crippen LogP contribution is -2.39. The molecule has 0 bridgehead atoms. The van der Waals surface area contributed by atoms with Crippen molar-refractivity contribution in [1.29, 1.82) is 0 Å². The number of nitrogens with one attached hydrogen (secondary N) is 2. The van der Waals surface area contributed by atoms with Crippen LogP contribution >= 0.6 is 24.8 Å². The minimum absolute atomic E-state index is 0. The van der Waals surface area contributed by atoms with Gasteiger partial charge in [0.15, 0.2) is 0 Å². The molecule has 1 aliphatic rings. The predicted octanol–water partition coefficient (Wildman–Crippen LogP) is 1.58. The van der Waals surface area contributed by atoms with Crippen molar-refractivity contribution >= 4 is 24.8 Å². The van der Waals surface area contributed by atoms with Gasteiger partial charge in [-0.2, -0.15) is 0 Å². The van der Waals surface area contributed by atoms with Gasteiger partial charge >= 0.3 is 0 Å². The van der Waals surface area contributed by atoms with Gasteiger partial charge in [0.2, 0.25) is 0 Å². The highest BCUT2D eigenvalue weighted by Gasteiger charge is 2.18. The first kappa shape index (κ1) is 15.0. The smallest absolute Gasteiger partial charge is 0.00788 e. The van der Waals surface area contributed by atoms with Crippen LogP contribution in [0.5, 0.6) is 0 Å². The van der Waals surface area contributed by atoms with E-state index < -0.39 is 0 Å². The third-order valence-corrected chi connectivity index (χ3v) is 2.49. The molecule has 0 heterocycles. The molecule has 2 N–H and O–H groups in total. The quantitative estimate of drug-likeness (QED) is 0.730. The number of halogens is 2. The second-order valence-corrected chi connectivity index (χ2v) is 3.14. The fourth-order valence-electron chi connectivity index (χ4n) is 1.71. The maximum Gasteiger partial charge on any atom is 0.00788 e. The average molecular weight is 215 g/mol. The van der Waals surface area contributed by atoms with Crippen LogP contribution in [0.3, 0.4) is 0 Å². The Balaban J connectivity index is 0. The van der Waals surface area contributed by atoms with E-state index in [4.69, 9.17) is 0 Å². The first-order valence-corrected chi connectivity index (χ1v) is 4.21. The topological polar surface area (TPSA) is 24.1 Å². The summed E-state index contributed by atoms with van der Waals surface area (Å²) in [4.78, 5) is 0. The van der Waals surface area contributed by atoms with E-state index in [1.165, 1.54) is 25.7 Å². The van der Waals surface area contributed by atoms with E-state index in [0.717, 1.165) is 12.1 Å². The Labute approximate surface area is 87.7 Å². The normalized spacial score (nSPS) is 28.5. The van der Waals surface area contributed by atoms with E-state index in [2.05, 4.69) is 24.7 Å². The van der Waals surface area contributed by atoms with Crippen LogP contribution in [0.15, 0.2) is 0 Å². The fourth-order valence-corrected chi connectivity index (χ4v) is 1.71. The fraction of sp³-hybridized carbons (Fsp3) is 1.00. The number of hydrogen-bond donors (Lipinski definition) is 2. The summed E-state index contributed by atoms with van der Waals surface area (Å²) in [5.74, 6) is 0. The first-order chi connectivity index (χ1) is 4.86. The van der Waals surface area contributed by atoms with Crippen molar-refractivity contribution in [2.24, 2.45) is 0 Å². The van der Waals surface area contributed by atoms with Gasteiger partial charge in [0.1, 0.15) is 0 Å². The predicted molar refractivity (Wildman–Crippen MR) is 58.7 cm³/mol. The molecule has 0 aromatic rings. The molecule has 76 valence electrons. The van der Waals surface area contributed by atoms with Gasteiger partial charge in [0.25, 0.3) is 0 Å². The monoisotopic (exact) mass is 214 g/mol. The molecule has 0 radical (unpaired) electrons.